The topological polar surface area (TPSA) is 42.0 Å². The Hall–Kier alpha value is -0.260. The molecule has 0 saturated heterocycles. The third-order valence-corrected chi connectivity index (χ3v) is 4.18. The molecule has 1 aromatic rings. The maximum Gasteiger partial charge on any atom is 0.0976 e. The van der Waals surface area contributed by atoms with Crippen molar-refractivity contribution in [2.45, 2.75) is 38.5 Å². The second kappa shape index (κ2) is 5.38. The van der Waals surface area contributed by atoms with Crippen molar-refractivity contribution >= 4 is 26.9 Å². The number of nitrogens with zero attached hydrogens (tertiary/aromatic N) is 1. The Balaban J connectivity index is 2.69. The van der Waals surface area contributed by atoms with Gasteiger partial charge in [-0.3, -0.25) is 4.98 Å². The first kappa shape index (κ1) is 13.8. The number of nitrogens with one attached hydrogen (secondary N) is 1. The fourth-order valence-electron chi connectivity index (χ4n) is 1.04. The van der Waals surface area contributed by atoms with Gasteiger partial charge in [0.15, 0.2) is 0 Å². The summed E-state index contributed by atoms with van der Waals surface area (Å²) in [7, 11) is -1.07. The summed E-state index contributed by atoms with van der Waals surface area (Å²) in [5.74, 6) is 0. The lowest BCUT2D eigenvalue weighted by Crippen LogP contribution is -2.35. The molecule has 1 rings (SSSR count). The fraction of sp³-hybridized carbons (Fsp3) is 0.545. The number of halogens is 1. The van der Waals surface area contributed by atoms with E-state index in [2.05, 4.69) is 25.6 Å². The van der Waals surface area contributed by atoms with Gasteiger partial charge in [-0.15, -0.1) is 0 Å². The van der Waals surface area contributed by atoms with Crippen molar-refractivity contribution in [3.63, 3.8) is 0 Å². The molecule has 90 valence electrons. The molecule has 1 heterocycles. The van der Waals surface area contributed by atoms with Crippen LogP contribution in [0.2, 0.25) is 0 Å². The fourth-order valence-corrected chi connectivity index (χ4v) is 2.07. The van der Waals surface area contributed by atoms with Crippen LogP contribution in [-0.4, -0.2) is 13.9 Å². The summed E-state index contributed by atoms with van der Waals surface area (Å²) in [6.07, 6.45) is 1.74. The van der Waals surface area contributed by atoms with Crippen LogP contribution in [0.4, 0.5) is 0 Å². The Morgan fingerprint density at radius 1 is 1.44 bits per heavy atom. The van der Waals surface area contributed by atoms with Crippen LogP contribution in [0.15, 0.2) is 22.8 Å². The Labute approximate surface area is 108 Å². The third kappa shape index (κ3) is 3.96. The van der Waals surface area contributed by atoms with E-state index in [4.69, 9.17) is 0 Å². The summed E-state index contributed by atoms with van der Waals surface area (Å²) < 4.78 is 15.6. The van der Waals surface area contributed by atoms with Gasteiger partial charge in [-0.2, -0.15) is 0 Å². The molecule has 1 unspecified atom stereocenters. The SMILES string of the molecule is C[C@@H](NS(=O)C(C)(C)C)c1ccc(Br)cn1. The summed E-state index contributed by atoms with van der Waals surface area (Å²) in [4.78, 5) is 4.27. The second-order valence-electron chi connectivity index (χ2n) is 4.62. The lowest BCUT2D eigenvalue weighted by molar-refractivity contribution is 0.611. The summed E-state index contributed by atoms with van der Waals surface area (Å²) in [6, 6.07) is 3.83. The van der Waals surface area contributed by atoms with E-state index in [-0.39, 0.29) is 10.8 Å². The van der Waals surface area contributed by atoms with Crippen molar-refractivity contribution in [3.8, 4) is 0 Å². The lowest BCUT2D eigenvalue weighted by atomic mass is 10.2. The first-order chi connectivity index (χ1) is 7.30. The summed E-state index contributed by atoms with van der Waals surface area (Å²) in [5, 5.41) is 0. The van der Waals surface area contributed by atoms with Crippen molar-refractivity contribution < 1.29 is 4.21 Å². The third-order valence-electron chi connectivity index (χ3n) is 2.03. The second-order valence-corrected chi connectivity index (χ2v) is 7.54. The van der Waals surface area contributed by atoms with E-state index < -0.39 is 11.0 Å². The molecule has 3 nitrogen and oxygen atoms in total. The van der Waals surface area contributed by atoms with E-state index in [0.29, 0.717) is 0 Å². The molecule has 0 saturated carbocycles. The van der Waals surface area contributed by atoms with Gasteiger partial charge in [0.25, 0.3) is 0 Å². The molecule has 0 bridgehead atoms. The van der Waals surface area contributed by atoms with E-state index in [9.17, 15) is 4.21 Å². The largest absolute Gasteiger partial charge is 0.258 e. The Morgan fingerprint density at radius 3 is 2.50 bits per heavy atom. The van der Waals surface area contributed by atoms with E-state index in [0.717, 1.165) is 10.2 Å². The first-order valence-electron chi connectivity index (χ1n) is 5.10. The summed E-state index contributed by atoms with van der Waals surface area (Å²) in [5.41, 5.74) is 0.890. The van der Waals surface area contributed by atoms with Crippen LogP contribution in [0.25, 0.3) is 0 Å². The molecule has 5 heteroatoms. The van der Waals surface area contributed by atoms with Crippen LogP contribution in [-0.2, 0) is 11.0 Å². The van der Waals surface area contributed by atoms with Crippen molar-refractivity contribution in [1.29, 1.82) is 0 Å². The Bertz CT molecular complexity index is 373. The van der Waals surface area contributed by atoms with Crippen molar-refractivity contribution in [2.24, 2.45) is 0 Å². The van der Waals surface area contributed by atoms with Gasteiger partial charge in [0.05, 0.1) is 27.5 Å². The van der Waals surface area contributed by atoms with E-state index in [1.54, 1.807) is 6.20 Å². The molecule has 1 N–H and O–H groups in total. The molecule has 0 aromatic carbocycles. The zero-order valence-electron chi connectivity index (χ0n) is 9.95. The van der Waals surface area contributed by atoms with Gasteiger partial charge < -0.3 is 0 Å². The highest BCUT2D eigenvalue weighted by atomic mass is 79.9. The van der Waals surface area contributed by atoms with Crippen LogP contribution in [0.3, 0.4) is 0 Å². The minimum atomic E-state index is -1.07. The van der Waals surface area contributed by atoms with Crippen molar-refractivity contribution in [3.05, 3.63) is 28.5 Å². The van der Waals surface area contributed by atoms with E-state index >= 15 is 0 Å². The van der Waals surface area contributed by atoms with Gasteiger partial charge in [0.1, 0.15) is 0 Å². The van der Waals surface area contributed by atoms with Crippen LogP contribution in [0.1, 0.15) is 39.4 Å². The number of hydrogen-bond donors (Lipinski definition) is 1. The molecule has 0 fully saturated rings. The molecular formula is C11H17BrN2OS. The maximum absolute atomic E-state index is 11.9. The molecule has 0 aliphatic heterocycles. The van der Waals surface area contributed by atoms with Gasteiger partial charge >= 0.3 is 0 Å². The van der Waals surface area contributed by atoms with Gasteiger partial charge in [-0.1, -0.05) is 0 Å². The minimum Gasteiger partial charge on any atom is -0.258 e. The average Bonchev–Trinajstić information content (AvgIpc) is 2.17. The smallest absolute Gasteiger partial charge is 0.0976 e. The number of rotatable bonds is 3. The minimum absolute atomic E-state index is 0.0202. The summed E-state index contributed by atoms with van der Waals surface area (Å²) >= 11 is 3.33. The first-order valence-corrected chi connectivity index (χ1v) is 7.04. The number of aromatic nitrogens is 1. The predicted molar refractivity (Wildman–Crippen MR) is 71.4 cm³/mol. The van der Waals surface area contributed by atoms with Gasteiger partial charge in [0.2, 0.25) is 0 Å². The van der Waals surface area contributed by atoms with Crippen LogP contribution >= 0.6 is 15.9 Å². The molecule has 0 radical (unpaired) electrons. The van der Waals surface area contributed by atoms with Gasteiger partial charge in [-0.05, 0) is 55.8 Å². The van der Waals surface area contributed by atoms with Gasteiger partial charge in [-0.25, -0.2) is 8.93 Å². The molecule has 0 amide bonds. The Morgan fingerprint density at radius 2 is 2.06 bits per heavy atom. The monoisotopic (exact) mass is 304 g/mol. The molecule has 1 aromatic heterocycles. The standard InChI is InChI=1S/C11H17BrN2OS/c1-8(14-16(15)11(2,3)4)10-6-5-9(12)7-13-10/h5-8,14H,1-4H3/t8-,16?/m1/s1. The zero-order valence-corrected chi connectivity index (χ0v) is 12.4. The van der Waals surface area contributed by atoms with Crippen LogP contribution in [0, 0.1) is 0 Å². The quantitative estimate of drug-likeness (QED) is 0.933. The number of pyridine rings is 1. The molecule has 16 heavy (non-hydrogen) atoms. The van der Waals surface area contributed by atoms with Gasteiger partial charge in [0, 0.05) is 10.7 Å². The highest BCUT2D eigenvalue weighted by Gasteiger charge is 2.21. The summed E-state index contributed by atoms with van der Waals surface area (Å²) in [6.45, 7) is 7.79. The highest BCUT2D eigenvalue weighted by molar-refractivity contribution is 9.10. The van der Waals surface area contributed by atoms with E-state index in [1.165, 1.54) is 0 Å². The molecule has 0 spiro atoms. The van der Waals surface area contributed by atoms with Crippen LogP contribution < -0.4 is 4.72 Å². The predicted octanol–water partition coefficient (Wildman–Crippen LogP) is 2.96. The normalized spacial score (nSPS) is 15.8. The lowest BCUT2D eigenvalue weighted by Gasteiger charge is -2.21. The molecule has 0 aliphatic rings. The molecular weight excluding hydrogens is 288 g/mol. The van der Waals surface area contributed by atoms with Crippen LogP contribution in [0.5, 0.6) is 0 Å². The van der Waals surface area contributed by atoms with Crippen molar-refractivity contribution in [2.75, 3.05) is 0 Å². The maximum atomic E-state index is 11.9. The van der Waals surface area contributed by atoms with Crippen molar-refractivity contribution in [1.82, 2.24) is 9.71 Å². The Kier molecular flexibility index (Phi) is 4.64. The van der Waals surface area contributed by atoms with E-state index in [1.807, 2.05) is 39.8 Å². The zero-order chi connectivity index (χ0) is 12.3. The highest BCUT2D eigenvalue weighted by Crippen LogP contribution is 2.16. The molecule has 0 aliphatic carbocycles. The number of hydrogen-bond acceptors (Lipinski definition) is 2. The average molecular weight is 305 g/mol. The molecule has 2 atom stereocenters.